The van der Waals surface area contributed by atoms with Gasteiger partial charge in [-0.2, -0.15) is 0 Å². The van der Waals surface area contributed by atoms with Gasteiger partial charge in [0.1, 0.15) is 10.6 Å². The maximum atomic E-state index is 12.0. The van der Waals surface area contributed by atoms with E-state index < -0.39 is 4.84 Å². The Morgan fingerprint density at radius 2 is 2.18 bits per heavy atom. The lowest BCUT2D eigenvalue weighted by Gasteiger charge is -2.32. The molecule has 0 bridgehead atoms. The molecular formula is C12H13Cl2NO2. The summed E-state index contributed by atoms with van der Waals surface area (Å²) in [4.78, 5) is 12.9. The molecule has 0 fully saturated rings. The van der Waals surface area contributed by atoms with Crippen LogP contribution < -0.4 is 9.64 Å². The summed E-state index contributed by atoms with van der Waals surface area (Å²) in [5, 5.41) is 0. The summed E-state index contributed by atoms with van der Waals surface area (Å²) in [6.45, 7) is 0. The molecule has 2 rings (SSSR count). The van der Waals surface area contributed by atoms with Gasteiger partial charge in [0.15, 0.2) is 0 Å². The van der Waals surface area contributed by atoms with Crippen molar-refractivity contribution in [1.29, 1.82) is 0 Å². The summed E-state index contributed by atoms with van der Waals surface area (Å²) in [5.74, 6) is 0.339. The highest BCUT2D eigenvalue weighted by Crippen LogP contribution is 2.35. The fourth-order valence-electron chi connectivity index (χ4n) is 2.07. The molecule has 0 aliphatic carbocycles. The molecule has 3 nitrogen and oxygen atoms in total. The van der Waals surface area contributed by atoms with Crippen LogP contribution in [0.2, 0.25) is 0 Å². The third-order valence-electron chi connectivity index (χ3n) is 3.04. The number of carbonyl (C=O) groups excluding carboxylic acids is 1. The predicted octanol–water partition coefficient (Wildman–Crippen LogP) is 2.63. The number of methoxy groups -OCH3 is 1. The fourth-order valence-corrected chi connectivity index (χ4v) is 2.46. The van der Waals surface area contributed by atoms with Gasteiger partial charge in [-0.1, -0.05) is 0 Å². The molecule has 1 unspecified atom stereocenters. The van der Waals surface area contributed by atoms with Gasteiger partial charge >= 0.3 is 0 Å². The Hall–Kier alpha value is -0.930. The molecule has 1 aliphatic heterocycles. The molecule has 1 aromatic rings. The molecule has 0 saturated heterocycles. The number of hydrogen-bond acceptors (Lipinski definition) is 2. The van der Waals surface area contributed by atoms with Crippen LogP contribution in [0.5, 0.6) is 5.75 Å². The first kappa shape index (κ1) is 12.5. The van der Waals surface area contributed by atoms with E-state index in [9.17, 15) is 4.79 Å². The first-order valence-electron chi connectivity index (χ1n) is 5.27. The number of fused-ring (bicyclic) bond motifs is 1. The minimum absolute atomic E-state index is 0.0438. The number of amides is 1. The molecule has 92 valence electrons. The highest BCUT2D eigenvalue weighted by atomic mass is 35.5. The van der Waals surface area contributed by atoms with Crippen molar-refractivity contribution in [3.05, 3.63) is 23.8 Å². The molecule has 0 spiro atoms. The summed E-state index contributed by atoms with van der Waals surface area (Å²) < 4.78 is 5.17. The van der Waals surface area contributed by atoms with Gasteiger partial charge in [0, 0.05) is 12.7 Å². The van der Waals surface area contributed by atoms with Crippen molar-refractivity contribution in [2.75, 3.05) is 19.1 Å². The van der Waals surface area contributed by atoms with E-state index in [0.717, 1.165) is 17.0 Å². The molecule has 0 aromatic heterocycles. The Balaban J connectivity index is 2.42. The van der Waals surface area contributed by atoms with Crippen LogP contribution in [-0.2, 0) is 11.2 Å². The number of benzene rings is 1. The highest BCUT2D eigenvalue weighted by Gasteiger charge is 2.34. The van der Waals surface area contributed by atoms with Gasteiger partial charge in [-0.15, -0.1) is 23.2 Å². The van der Waals surface area contributed by atoms with E-state index in [1.807, 2.05) is 18.2 Å². The van der Waals surface area contributed by atoms with E-state index in [0.29, 0.717) is 6.42 Å². The van der Waals surface area contributed by atoms with Crippen molar-refractivity contribution >= 4 is 34.8 Å². The Morgan fingerprint density at radius 1 is 1.47 bits per heavy atom. The summed E-state index contributed by atoms with van der Waals surface area (Å²) in [5.41, 5.74) is 1.92. The third-order valence-corrected chi connectivity index (χ3v) is 3.65. The zero-order chi connectivity index (χ0) is 12.6. The predicted molar refractivity (Wildman–Crippen MR) is 69.1 cm³/mol. The molecule has 1 aromatic carbocycles. The van der Waals surface area contributed by atoms with Crippen LogP contribution in [0.4, 0.5) is 5.69 Å². The van der Waals surface area contributed by atoms with Crippen LogP contribution in [0.15, 0.2) is 18.2 Å². The Bertz CT molecular complexity index is 448. The quantitative estimate of drug-likeness (QED) is 0.776. The van der Waals surface area contributed by atoms with Crippen LogP contribution in [0.25, 0.3) is 0 Å². The van der Waals surface area contributed by atoms with Crippen LogP contribution in [0.3, 0.4) is 0 Å². The normalized spacial score (nSPS) is 19.5. The third kappa shape index (κ3) is 2.22. The van der Waals surface area contributed by atoms with Gasteiger partial charge in [0.25, 0.3) is 0 Å². The van der Waals surface area contributed by atoms with E-state index in [4.69, 9.17) is 27.9 Å². The second-order valence-corrected chi connectivity index (χ2v) is 5.20. The number of anilines is 1. The maximum absolute atomic E-state index is 12.0. The van der Waals surface area contributed by atoms with Crippen molar-refractivity contribution in [3.8, 4) is 5.75 Å². The number of rotatable bonds is 2. The zero-order valence-electron chi connectivity index (χ0n) is 9.61. The van der Waals surface area contributed by atoms with Crippen molar-refractivity contribution < 1.29 is 9.53 Å². The second-order valence-electron chi connectivity index (χ2n) is 4.04. The Labute approximate surface area is 110 Å². The molecular weight excluding hydrogens is 261 g/mol. The summed E-state index contributed by atoms with van der Waals surface area (Å²) >= 11 is 11.7. The van der Waals surface area contributed by atoms with Crippen LogP contribution in [0.1, 0.15) is 5.56 Å². The van der Waals surface area contributed by atoms with E-state index >= 15 is 0 Å². The summed E-state index contributed by atoms with van der Waals surface area (Å²) in [7, 11) is 3.35. The lowest BCUT2D eigenvalue weighted by atomic mass is 9.93. The number of hydrogen-bond donors (Lipinski definition) is 0. The first-order valence-corrected chi connectivity index (χ1v) is 6.14. The van der Waals surface area contributed by atoms with Gasteiger partial charge in [-0.25, -0.2) is 0 Å². The van der Waals surface area contributed by atoms with Gasteiger partial charge < -0.3 is 9.64 Å². The van der Waals surface area contributed by atoms with E-state index in [2.05, 4.69) is 0 Å². The molecule has 0 radical (unpaired) electrons. The van der Waals surface area contributed by atoms with Gasteiger partial charge in [-0.3, -0.25) is 4.79 Å². The van der Waals surface area contributed by atoms with Crippen molar-refractivity contribution in [2.24, 2.45) is 5.92 Å². The summed E-state index contributed by atoms with van der Waals surface area (Å²) in [6, 6.07) is 5.63. The van der Waals surface area contributed by atoms with Crippen molar-refractivity contribution in [1.82, 2.24) is 0 Å². The zero-order valence-corrected chi connectivity index (χ0v) is 11.1. The average molecular weight is 274 g/mol. The van der Waals surface area contributed by atoms with Gasteiger partial charge in [-0.05, 0) is 30.2 Å². The molecule has 1 heterocycles. The van der Waals surface area contributed by atoms with E-state index in [1.54, 1.807) is 19.1 Å². The number of ether oxygens (including phenoxy) is 1. The molecule has 0 saturated carbocycles. The standard InChI is InChI=1S/C12H13Cl2NO2/c1-15-10-4-3-8(17-2)5-7(10)6-9(11(13)14)12(15)16/h3-5,9,11H,6H2,1-2H3. The molecule has 1 aliphatic rings. The lowest BCUT2D eigenvalue weighted by molar-refractivity contribution is -0.122. The van der Waals surface area contributed by atoms with Crippen LogP contribution in [0, 0.1) is 5.92 Å². The molecule has 1 amide bonds. The minimum Gasteiger partial charge on any atom is -0.497 e. The van der Waals surface area contributed by atoms with E-state index in [1.165, 1.54) is 0 Å². The summed E-state index contributed by atoms with van der Waals surface area (Å²) in [6.07, 6.45) is 0.549. The minimum atomic E-state index is -0.690. The molecule has 1 atom stereocenters. The van der Waals surface area contributed by atoms with Crippen molar-refractivity contribution in [2.45, 2.75) is 11.3 Å². The Kier molecular flexibility index (Phi) is 3.50. The van der Waals surface area contributed by atoms with Crippen LogP contribution >= 0.6 is 23.2 Å². The number of alkyl halides is 2. The molecule has 5 heteroatoms. The number of nitrogens with zero attached hydrogens (tertiary/aromatic N) is 1. The first-order chi connectivity index (χ1) is 8.04. The molecule has 17 heavy (non-hydrogen) atoms. The fraction of sp³-hybridized carbons (Fsp3) is 0.417. The lowest BCUT2D eigenvalue weighted by Crippen LogP contribution is -2.41. The SMILES string of the molecule is COc1ccc2c(c1)CC(C(Cl)Cl)C(=O)N2C. The number of halogens is 2. The largest absolute Gasteiger partial charge is 0.497 e. The maximum Gasteiger partial charge on any atom is 0.232 e. The Morgan fingerprint density at radius 3 is 2.76 bits per heavy atom. The monoisotopic (exact) mass is 273 g/mol. The van der Waals surface area contributed by atoms with Gasteiger partial charge in [0.2, 0.25) is 5.91 Å². The second kappa shape index (κ2) is 4.75. The smallest absolute Gasteiger partial charge is 0.232 e. The average Bonchev–Trinajstić information content (AvgIpc) is 2.32. The van der Waals surface area contributed by atoms with Crippen LogP contribution in [-0.4, -0.2) is 24.9 Å². The van der Waals surface area contributed by atoms with Crippen molar-refractivity contribution in [3.63, 3.8) is 0 Å². The van der Waals surface area contributed by atoms with E-state index in [-0.39, 0.29) is 11.8 Å². The molecule has 0 N–H and O–H groups in total. The van der Waals surface area contributed by atoms with Gasteiger partial charge in [0.05, 0.1) is 13.0 Å². The number of carbonyl (C=O) groups is 1. The topological polar surface area (TPSA) is 29.5 Å². The highest BCUT2D eigenvalue weighted by molar-refractivity contribution is 6.45.